The number of nitrogens with zero attached hydrogens (tertiary/aromatic N) is 1. The number of piperazine rings is 1. The van der Waals surface area contributed by atoms with E-state index >= 15 is 0 Å². The first kappa shape index (κ1) is 22.1. The number of benzene rings is 2. The smallest absolute Gasteiger partial charge is 0.169 e. The molecule has 5 nitrogen and oxygen atoms in total. The number of hydrogen-bond donors (Lipinski definition) is 2. The van der Waals surface area contributed by atoms with Gasteiger partial charge < -0.3 is 24.6 Å². The van der Waals surface area contributed by atoms with Crippen LogP contribution in [0.2, 0.25) is 0 Å². The topological polar surface area (TPSA) is 38.2 Å². The highest BCUT2D eigenvalue weighted by Crippen LogP contribution is 2.27. The molecule has 3 rings (SSSR count). The van der Waals surface area contributed by atoms with Crippen molar-refractivity contribution in [1.82, 2.24) is 10.2 Å². The van der Waals surface area contributed by atoms with E-state index in [1.165, 1.54) is 11.1 Å². The van der Waals surface area contributed by atoms with Crippen molar-refractivity contribution >= 4 is 23.4 Å². The van der Waals surface area contributed by atoms with Crippen LogP contribution < -0.4 is 19.7 Å². The van der Waals surface area contributed by atoms with Crippen molar-refractivity contribution in [3.63, 3.8) is 0 Å². The number of methoxy groups -OCH3 is 2. The first-order chi connectivity index (χ1) is 14.7. The minimum Gasteiger partial charge on any atom is -0.493 e. The van der Waals surface area contributed by atoms with Gasteiger partial charge in [0.05, 0.1) is 46.9 Å². The lowest BCUT2D eigenvalue weighted by Gasteiger charge is -2.33. The van der Waals surface area contributed by atoms with Crippen LogP contribution in [0.4, 0.5) is 0 Å². The van der Waals surface area contributed by atoms with Crippen molar-refractivity contribution in [3.8, 4) is 11.5 Å². The summed E-state index contributed by atoms with van der Waals surface area (Å²) in [5.41, 5.74) is 2.46. The summed E-state index contributed by atoms with van der Waals surface area (Å²) >= 11 is 5.61. The van der Waals surface area contributed by atoms with Gasteiger partial charge in [0.2, 0.25) is 0 Å². The van der Waals surface area contributed by atoms with E-state index in [-0.39, 0.29) is 0 Å². The molecule has 0 radical (unpaired) electrons. The van der Waals surface area contributed by atoms with Crippen molar-refractivity contribution < 1.29 is 14.4 Å². The molecule has 0 saturated carbocycles. The predicted molar refractivity (Wildman–Crippen MR) is 126 cm³/mol. The zero-order valence-corrected chi connectivity index (χ0v) is 18.7. The Labute approximate surface area is 185 Å². The third-order valence-electron chi connectivity index (χ3n) is 5.41. The van der Waals surface area contributed by atoms with Gasteiger partial charge in [-0.2, -0.15) is 0 Å². The molecule has 1 saturated heterocycles. The Morgan fingerprint density at radius 1 is 1.07 bits per heavy atom. The van der Waals surface area contributed by atoms with Gasteiger partial charge in [0.1, 0.15) is 0 Å². The minimum atomic E-state index is 0.753. The SMILES string of the molecule is COc1ccc(CCNC(=S)N2CC[NH+](C/C=C/c3ccccc3)CC2)cc1OC. The van der Waals surface area contributed by atoms with Crippen molar-refractivity contribution in [2.45, 2.75) is 6.42 Å². The van der Waals surface area contributed by atoms with Gasteiger partial charge in [0.25, 0.3) is 0 Å². The second-order valence-electron chi connectivity index (χ2n) is 7.43. The first-order valence-corrected chi connectivity index (χ1v) is 10.9. The van der Waals surface area contributed by atoms with Crippen LogP contribution >= 0.6 is 12.2 Å². The van der Waals surface area contributed by atoms with Crippen LogP contribution in [0.25, 0.3) is 6.08 Å². The average Bonchev–Trinajstić information content (AvgIpc) is 2.80. The van der Waals surface area contributed by atoms with E-state index in [1.54, 1.807) is 19.1 Å². The molecule has 30 heavy (non-hydrogen) atoms. The number of ether oxygens (including phenoxy) is 2. The summed E-state index contributed by atoms with van der Waals surface area (Å²) in [4.78, 5) is 3.89. The zero-order valence-electron chi connectivity index (χ0n) is 17.9. The largest absolute Gasteiger partial charge is 0.493 e. The normalized spacial score (nSPS) is 14.7. The van der Waals surface area contributed by atoms with Crippen molar-refractivity contribution in [3.05, 3.63) is 65.7 Å². The van der Waals surface area contributed by atoms with Crippen LogP contribution in [0.15, 0.2) is 54.6 Å². The van der Waals surface area contributed by atoms with E-state index in [0.29, 0.717) is 0 Å². The molecule has 2 aromatic rings. The molecular weight excluding hydrogens is 394 g/mol. The fraction of sp³-hybridized carbons (Fsp3) is 0.375. The number of quaternary nitrogens is 1. The zero-order chi connectivity index (χ0) is 21.2. The Hall–Kier alpha value is -2.57. The van der Waals surface area contributed by atoms with Gasteiger partial charge in [0, 0.05) is 6.54 Å². The Bertz CT molecular complexity index is 834. The number of thiocarbonyl (C=S) groups is 1. The lowest BCUT2D eigenvalue weighted by molar-refractivity contribution is -0.897. The summed E-state index contributed by atoms with van der Waals surface area (Å²) in [5, 5.41) is 4.26. The molecule has 0 aromatic heterocycles. The standard InChI is InChI=1S/C24H31N3O2S/c1-28-22-11-10-21(19-23(22)29-2)12-13-25-24(30)27-17-15-26(16-18-27)14-6-9-20-7-4-3-5-8-20/h3-11,19H,12-18H2,1-2H3,(H,25,30)/p+1/b9-6+. The highest BCUT2D eigenvalue weighted by Gasteiger charge is 2.20. The van der Waals surface area contributed by atoms with Crippen molar-refractivity contribution in [2.24, 2.45) is 0 Å². The molecule has 2 aromatic carbocycles. The predicted octanol–water partition coefficient (Wildman–Crippen LogP) is 2.03. The van der Waals surface area contributed by atoms with Crippen molar-refractivity contribution in [2.75, 3.05) is 53.5 Å². The number of hydrogen-bond acceptors (Lipinski definition) is 3. The van der Waals surface area contributed by atoms with Crippen LogP contribution in [-0.2, 0) is 6.42 Å². The molecular formula is C24H32N3O2S+. The first-order valence-electron chi connectivity index (χ1n) is 10.5. The molecule has 1 heterocycles. The molecule has 0 bridgehead atoms. The fourth-order valence-electron chi connectivity index (χ4n) is 3.62. The molecule has 0 atom stereocenters. The molecule has 2 N–H and O–H groups in total. The van der Waals surface area contributed by atoms with Gasteiger partial charge in [0.15, 0.2) is 16.6 Å². The van der Waals surface area contributed by atoms with Crippen LogP contribution in [0.3, 0.4) is 0 Å². The summed E-state index contributed by atoms with van der Waals surface area (Å²) in [6.45, 7) is 6.07. The molecule has 1 aliphatic rings. The summed E-state index contributed by atoms with van der Waals surface area (Å²) < 4.78 is 10.7. The molecule has 0 amide bonds. The Balaban J connectivity index is 1.36. The molecule has 6 heteroatoms. The summed E-state index contributed by atoms with van der Waals surface area (Å²) in [6.07, 6.45) is 5.37. The van der Waals surface area contributed by atoms with E-state index in [1.807, 2.05) is 18.2 Å². The third-order valence-corrected chi connectivity index (χ3v) is 5.81. The maximum atomic E-state index is 5.61. The molecule has 1 aliphatic heterocycles. The van der Waals surface area contributed by atoms with Gasteiger partial charge in [-0.05, 0) is 48.0 Å². The quantitative estimate of drug-likeness (QED) is 0.632. The third kappa shape index (κ3) is 6.47. The molecule has 0 unspecified atom stereocenters. The number of rotatable bonds is 8. The van der Waals surface area contributed by atoms with Crippen LogP contribution in [0.1, 0.15) is 11.1 Å². The molecule has 0 aliphatic carbocycles. The lowest BCUT2D eigenvalue weighted by atomic mass is 10.1. The highest BCUT2D eigenvalue weighted by atomic mass is 32.1. The van der Waals surface area contributed by atoms with Crippen molar-refractivity contribution in [1.29, 1.82) is 0 Å². The molecule has 0 spiro atoms. The summed E-state index contributed by atoms with van der Waals surface area (Å²) in [5.74, 6) is 1.52. The number of nitrogens with one attached hydrogen (secondary N) is 2. The molecule has 1 fully saturated rings. The second-order valence-corrected chi connectivity index (χ2v) is 7.81. The van der Waals surface area contributed by atoms with Gasteiger partial charge in [-0.15, -0.1) is 0 Å². The van der Waals surface area contributed by atoms with E-state index in [4.69, 9.17) is 21.7 Å². The Morgan fingerprint density at radius 2 is 1.80 bits per heavy atom. The van der Waals surface area contributed by atoms with Gasteiger partial charge in [-0.3, -0.25) is 0 Å². The van der Waals surface area contributed by atoms with Crippen LogP contribution in [-0.4, -0.2) is 63.5 Å². The molecule has 160 valence electrons. The van der Waals surface area contributed by atoms with E-state index in [2.05, 4.69) is 52.7 Å². The maximum absolute atomic E-state index is 5.61. The minimum absolute atomic E-state index is 0.753. The maximum Gasteiger partial charge on any atom is 0.169 e. The second kappa shape index (κ2) is 11.6. The summed E-state index contributed by atoms with van der Waals surface area (Å²) in [6, 6.07) is 16.5. The highest BCUT2D eigenvalue weighted by molar-refractivity contribution is 7.80. The van der Waals surface area contributed by atoms with Gasteiger partial charge >= 0.3 is 0 Å². The van der Waals surface area contributed by atoms with Crippen LogP contribution in [0.5, 0.6) is 11.5 Å². The van der Waals surface area contributed by atoms with E-state index in [9.17, 15) is 0 Å². The van der Waals surface area contributed by atoms with Gasteiger partial charge in [-0.1, -0.05) is 42.5 Å². The van der Waals surface area contributed by atoms with Crippen LogP contribution in [0, 0.1) is 0 Å². The van der Waals surface area contributed by atoms with E-state index < -0.39 is 0 Å². The Kier molecular flexibility index (Phi) is 8.53. The lowest BCUT2D eigenvalue weighted by Crippen LogP contribution is -3.14. The average molecular weight is 427 g/mol. The fourth-order valence-corrected chi connectivity index (χ4v) is 3.90. The monoisotopic (exact) mass is 426 g/mol. The van der Waals surface area contributed by atoms with E-state index in [0.717, 1.165) is 62.3 Å². The summed E-state index contributed by atoms with van der Waals surface area (Å²) in [7, 11) is 3.31. The van der Waals surface area contributed by atoms with Gasteiger partial charge in [-0.25, -0.2) is 0 Å². The Morgan fingerprint density at radius 3 is 2.50 bits per heavy atom.